The molecule has 1 fully saturated rings. The maximum atomic E-state index is 6.37. The molecule has 0 aliphatic heterocycles. The van der Waals surface area contributed by atoms with Gasteiger partial charge in [0.1, 0.15) is 24.5 Å². The number of hydrogen-bond donors (Lipinski definition) is 2. The molecule has 1 saturated carbocycles. The van der Waals surface area contributed by atoms with E-state index in [4.69, 9.17) is 21.0 Å². The number of rotatable bonds is 6. The van der Waals surface area contributed by atoms with Crippen LogP contribution in [-0.2, 0) is 16.7 Å². The Morgan fingerprint density at radius 1 is 1.00 bits per heavy atom. The molecule has 0 amide bonds. The highest BCUT2D eigenvalue weighted by molar-refractivity contribution is 6.15. The van der Waals surface area contributed by atoms with Crippen LogP contribution in [0.2, 0.25) is 0 Å². The van der Waals surface area contributed by atoms with Crippen LogP contribution in [0.4, 0.5) is 5.82 Å². The Bertz CT molecular complexity index is 1220. The zero-order chi connectivity index (χ0) is 24.4. The molecule has 0 saturated heterocycles. The van der Waals surface area contributed by atoms with Gasteiger partial charge >= 0.3 is 0 Å². The number of ether oxygens (including phenoxy) is 1. The van der Waals surface area contributed by atoms with Crippen molar-refractivity contribution in [3.63, 3.8) is 0 Å². The second kappa shape index (κ2) is 9.66. The molecule has 7 nitrogen and oxygen atoms in total. The first kappa shape index (κ1) is 23.3. The van der Waals surface area contributed by atoms with E-state index in [9.17, 15) is 0 Å². The highest BCUT2D eigenvalue weighted by Crippen LogP contribution is 2.45. The predicted octanol–water partition coefficient (Wildman–Crippen LogP) is 4.63. The van der Waals surface area contributed by atoms with Crippen LogP contribution in [0.1, 0.15) is 56.2 Å². The Hall–Kier alpha value is -3.45. The molecular weight excluding hydrogens is 438 g/mol. The van der Waals surface area contributed by atoms with Crippen molar-refractivity contribution in [1.29, 1.82) is 0 Å². The summed E-state index contributed by atoms with van der Waals surface area (Å²) in [7, 11) is 0. The molecule has 4 N–H and O–H groups in total. The van der Waals surface area contributed by atoms with E-state index >= 15 is 0 Å². The molecule has 0 unspecified atom stereocenters. The third-order valence-electron chi connectivity index (χ3n) is 7.10. The fourth-order valence-corrected chi connectivity index (χ4v) is 5.15. The molecule has 5 rings (SSSR count). The summed E-state index contributed by atoms with van der Waals surface area (Å²) in [6.45, 7) is 4.65. The number of nitrogens with zero attached hydrogens (tertiary/aromatic N) is 3. The summed E-state index contributed by atoms with van der Waals surface area (Å²) in [5.41, 5.74) is 17.5. The predicted molar refractivity (Wildman–Crippen MR) is 138 cm³/mol. The molecule has 2 aliphatic carbocycles. The lowest BCUT2D eigenvalue weighted by molar-refractivity contribution is 0.145. The van der Waals surface area contributed by atoms with E-state index in [0.29, 0.717) is 12.4 Å². The Labute approximate surface area is 206 Å². The van der Waals surface area contributed by atoms with Crippen LogP contribution in [0.5, 0.6) is 5.75 Å². The lowest BCUT2D eigenvalue weighted by atomic mass is 9.70. The van der Waals surface area contributed by atoms with Gasteiger partial charge in [-0.05, 0) is 63.3 Å². The van der Waals surface area contributed by atoms with E-state index in [2.05, 4.69) is 47.2 Å². The normalized spacial score (nSPS) is 21.7. The van der Waals surface area contributed by atoms with Gasteiger partial charge in [-0.2, -0.15) is 0 Å². The first-order valence-corrected chi connectivity index (χ1v) is 12.4. The van der Waals surface area contributed by atoms with Crippen molar-refractivity contribution < 1.29 is 9.57 Å². The molecule has 35 heavy (non-hydrogen) atoms. The van der Waals surface area contributed by atoms with Gasteiger partial charge in [0.15, 0.2) is 0 Å². The highest BCUT2D eigenvalue weighted by Gasteiger charge is 2.41. The molecule has 0 radical (unpaired) electrons. The first-order valence-electron chi connectivity index (χ1n) is 12.4. The van der Waals surface area contributed by atoms with Crippen LogP contribution in [0.15, 0.2) is 60.0 Å². The molecule has 0 spiro atoms. The molecule has 1 aromatic heterocycles. The molecule has 0 bridgehead atoms. The Balaban J connectivity index is 1.47. The first-order chi connectivity index (χ1) is 16.9. The van der Waals surface area contributed by atoms with Crippen LogP contribution < -0.4 is 16.2 Å². The van der Waals surface area contributed by atoms with Crippen molar-refractivity contribution >= 4 is 11.5 Å². The quantitative estimate of drug-likeness (QED) is 0.401. The number of benzene rings is 2. The van der Waals surface area contributed by atoms with Crippen molar-refractivity contribution in [3.8, 4) is 17.0 Å². The van der Waals surface area contributed by atoms with Crippen LogP contribution in [0, 0.1) is 0 Å². The zero-order valence-electron chi connectivity index (χ0n) is 20.4. The van der Waals surface area contributed by atoms with Crippen molar-refractivity contribution in [3.05, 3.63) is 71.5 Å². The summed E-state index contributed by atoms with van der Waals surface area (Å²) in [5.74, 6) is 1.28. The minimum Gasteiger partial charge on any atom is -0.490 e. The minimum atomic E-state index is -0.545. The van der Waals surface area contributed by atoms with Gasteiger partial charge < -0.3 is 21.0 Å². The lowest BCUT2D eigenvalue weighted by Crippen LogP contribution is -2.36. The summed E-state index contributed by atoms with van der Waals surface area (Å²) in [6, 6.07) is 16.6. The number of hydrogen-bond acceptors (Lipinski definition) is 7. The average Bonchev–Trinajstić information content (AvgIpc) is 2.85. The summed E-state index contributed by atoms with van der Waals surface area (Å²) in [5, 5.41) is 4.66. The molecule has 3 aromatic rings. The van der Waals surface area contributed by atoms with Gasteiger partial charge in [0.25, 0.3) is 0 Å². The Kier molecular flexibility index (Phi) is 6.43. The third-order valence-corrected chi connectivity index (χ3v) is 7.10. The van der Waals surface area contributed by atoms with E-state index in [1.807, 2.05) is 30.3 Å². The Morgan fingerprint density at radius 2 is 1.77 bits per heavy atom. The smallest absolute Gasteiger partial charge is 0.131 e. The molecule has 182 valence electrons. The van der Waals surface area contributed by atoms with Crippen molar-refractivity contribution in [1.82, 2.24) is 9.97 Å². The van der Waals surface area contributed by atoms with Gasteiger partial charge in [0.2, 0.25) is 0 Å². The van der Waals surface area contributed by atoms with Gasteiger partial charge in [0.05, 0.1) is 17.5 Å². The van der Waals surface area contributed by atoms with E-state index in [0.717, 1.165) is 65.9 Å². The number of aromatic nitrogens is 2. The number of anilines is 1. The van der Waals surface area contributed by atoms with Gasteiger partial charge in [0, 0.05) is 34.6 Å². The van der Waals surface area contributed by atoms with Crippen LogP contribution in [-0.4, -0.2) is 34.4 Å². The minimum absolute atomic E-state index is 0.178. The molecule has 0 atom stereocenters. The number of nitrogen functional groups attached to an aromatic ring is 1. The summed E-state index contributed by atoms with van der Waals surface area (Å²) < 4.78 is 6.37. The average molecular weight is 472 g/mol. The zero-order valence-corrected chi connectivity index (χ0v) is 20.4. The van der Waals surface area contributed by atoms with Crippen LogP contribution in [0.3, 0.4) is 0 Å². The van der Waals surface area contributed by atoms with E-state index in [-0.39, 0.29) is 12.1 Å². The summed E-state index contributed by atoms with van der Waals surface area (Å²) in [6.07, 6.45) is 6.40. The maximum Gasteiger partial charge on any atom is 0.131 e. The molecule has 1 heterocycles. The molecule has 2 aliphatic rings. The van der Waals surface area contributed by atoms with Crippen molar-refractivity contribution in [2.24, 2.45) is 10.9 Å². The highest BCUT2D eigenvalue weighted by atomic mass is 16.6. The summed E-state index contributed by atoms with van der Waals surface area (Å²) in [4.78, 5) is 14.7. The number of fused-ring (bicyclic) bond motifs is 3. The van der Waals surface area contributed by atoms with Crippen LogP contribution >= 0.6 is 0 Å². The molecule has 7 heteroatoms. The van der Waals surface area contributed by atoms with Gasteiger partial charge in [-0.1, -0.05) is 35.5 Å². The maximum absolute atomic E-state index is 6.37. The van der Waals surface area contributed by atoms with Gasteiger partial charge in [-0.15, -0.1) is 0 Å². The van der Waals surface area contributed by atoms with E-state index < -0.39 is 5.41 Å². The monoisotopic (exact) mass is 471 g/mol. The standard InChI is InChI=1S/C28H33N5O2/c1-28(2)24-25(31-17-32-27(24)30)22-13-12-21(35-20-10-8-19(29)9-11-20)16-23(22)26(28)33-34-15-14-18-6-4-3-5-7-18/h3-7,12-13,16-17,19-20H,8-11,14-15,29H2,1-2H3,(H2,30,31,32)/b33-26+/t19-,20+. The fourth-order valence-electron chi connectivity index (χ4n) is 5.15. The Morgan fingerprint density at radius 3 is 2.54 bits per heavy atom. The fraction of sp³-hybridized carbons (Fsp3) is 0.393. The van der Waals surface area contributed by atoms with Gasteiger partial charge in [-0.3, -0.25) is 0 Å². The van der Waals surface area contributed by atoms with Gasteiger partial charge in [-0.25, -0.2) is 9.97 Å². The third kappa shape index (κ3) is 4.73. The molecular formula is C28H33N5O2. The van der Waals surface area contributed by atoms with E-state index in [1.165, 1.54) is 11.9 Å². The number of nitrogens with two attached hydrogens (primary N) is 2. The van der Waals surface area contributed by atoms with Crippen LogP contribution in [0.25, 0.3) is 11.3 Å². The van der Waals surface area contributed by atoms with E-state index in [1.54, 1.807) is 0 Å². The summed E-state index contributed by atoms with van der Waals surface area (Å²) >= 11 is 0. The topological polar surface area (TPSA) is 109 Å². The molecule has 2 aromatic carbocycles. The SMILES string of the molecule is CC1(C)/C(=N/OCCc2ccccc2)c2cc(O[C@H]3CC[C@@H](N)CC3)ccc2-c2ncnc(N)c21. The second-order valence-corrected chi connectivity index (χ2v) is 9.98. The van der Waals surface area contributed by atoms with Crippen molar-refractivity contribution in [2.75, 3.05) is 12.3 Å². The number of oxime groups is 1. The lowest BCUT2D eigenvalue weighted by Gasteiger charge is -2.35. The second-order valence-electron chi connectivity index (χ2n) is 9.98. The largest absolute Gasteiger partial charge is 0.490 e. The van der Waals surface area contributed by atoms with Crippen molar-refractivity contribution in [2.45, 2.75) is 63.5 Å².